The van der Waals surface area contributed by atoms with E-state index in [2.05, 4.69) is 20.3 Å². The Morgan fingerprint density at radius 2 is 2.22 bits per heavy atom. The molecule has 0 saturated carbocycles. The number of nitrogens with zero attached hydrogens (tertiary/aromatic N) is 4. The largest absolute Gasteiger partial charge is 0.363 e. The third kappa shape index (κ3) is 1.95. The SMILES string of the molecule is Cc1ncc(CNc2nccc3c2ncn3C)s1. The minimum Gasteiger partial charge on any atom is -0.363 e. The zero-order valence-corrected chi connectivity index (χ0v) is 11.0. The van der Waals surface area contributed by atoms with E-state index in [1.165, 1.54) is 4.88 Å². The highest BCUT2D eigenvalue weighted by molar-refractivity contribution is 7.11. The first-order valence-corrected chi connectivity index (χ1v) is 6.47. The Kier molecular flexibility index (Phi) is 2.71. The average Bonchev–Trinajstić information content (AvgIpc) is 2.94. The fourth-order valence-corrected chi connectivity index (χ4v) is 2.58. The molecule has 0 saturated heterocycles. The molecule has 0 amide bonds. The summed E-state index contributed by atoms with van der Waals surface area (Å²) in [5.74, 6) is 0.819. The van der Waals surface area contributed by atoms with Crippen molar-refractivity contribution in [3.8, 4) is 0 Å². The van der Waals surface area contributed by atoms with E-state index in [0.717, 1.165) is 28.4 Å². The number of fused-ring (bicyclic) bond motifs is 1. The highest BCUT2D eigenvalue weighted by atomic mass is 32.1. The van der Waals surface area contributed by atoms with E-state index in [1.807, 2.05) is 30.8 Å². The maximum absolute atomic E-state index is 4.36. The van der Waals surface area contributed by atoms with Crippen molar-refractivity contribution in [1.29, 1.82) is 0 Å². The summed E-state index contributed by atoms with van der Waals surface area (Å²) in [5.41, 5.74) is 1.98. The van der Waals surface area contributed by atoms with Crippen molar-refractivity contribution in [2.45, 2.75) is 13.5 Å². The summed E-state index contributed by atoms with van der Waals surface area (Å²) in [6.45, 7) is 2.74. The van der Waals surface area contributed by atoms with Crippen molar-refractivity contribution in [2.75, 3.05) is 5.32 Å². The topological polar surface area (TPSA) is 55.6 Å². The van der Waals surface area contributed by atoms with Crippen molar-refractivity contribution < 1.29 is 0 Å². The summed E-state index contributed by atoms with van der Waals surface area (Å²) in [4.78, 5) is 14.1. The van der Waals surface area contributed by atoms with Gasteiger partial charge < -0.3 is 9.88 Å². The lowest BCUT2D eigenvalue weighted by Gasteiger charge is -2.04. The van der Waals surface area contributed by atoms with Gasteiger partial charge in [0, 0.05) is 24.3 Å². The van der Waals surface area contributed by atoms with Crippen LogP contribution >= 0.6 is 11.3 Å². The number of aryl methyl sites for hydroxylation is 2. The van der Waals surface area contributed by atoms with Crippen molar-refractivity contribution >= 4 is 28.2 Å². The van der Waals surface area contributed by atoms with Crippen LogP contribution in [0.15, 0.2) is 24.8 Å². The number of imidazole rings is 1. The van der Waals surface area contributed by atoms with E-state index in [1.54, 1.807) is 23.9 Å². The van der Waals surface area contributed by atoms with E-state index in [4.69, 9.17) is 0 Å². The second kappa shape index (κ2) is 4.38. The van der Waals surface area contributed by atoms with Gasteiger partial charge in [0.05, 0.1) is 23.4 Å². The van der Waals surface area contributed by atoms with Crippen LogP contribution in [0.4, 0.5) is 5.82 Å². The molecule has 0 radical (unpaired) electrons. The molecular weight excluding hydrogens is 246 g/mol. The van der Waals surface area contributed by atoms with Crippen molar-refractivity contribution in [3.63, 3.8) is 0 Å². The smallest absolute Gasteiger partial charge is 0.154 e. The number of rotatable bonds is 3. The van der Waals surface area contributed by atoms with Gasteiger partial charge in [0.25, 0.3) is 0 Å². The lowest BCUT2D eigenvalue weighted by Crippen LogP contribution is -2.00. The quantitative estimate of drug-likeness (QED) is 0.784. The minimum atomic E-state index is 0.730. The zero-order valence-electron chi connectivity index (χ0n) is 10.2. The van der Waals surface area contributed by atoms with Gasteiger partial charge in [-0.05, 0) is 13.0 Å². The van der Waals surface area contributed by atoms with Gasteiger partial charge in [0.2, 0.25) is 0 Å². The highest BCUT2D eigenvalue weighted by Crippen LogP contribution is 2.20. The van der Waals surface area contributed by atoms with Crippen LogP contribution in [-0.2, 0) is 13.6 Å². The summed E-state index contributed by atoms with van der Waals surface area (Å²) >= 11 is 1.69. The Morgan fingerprint density at radius 3 is 3.00 bits per heavy atom. The van der Waals surface area contributed by atoms with Crippen LogP contribution in [0.1, 0.15) is 9.88 Å². The van der Waals surface area contributed by atoms with Gasteiger partial charge in [-0.15, -0.1) is 11.3 Å². The maximum atomic E-state index is 4.36. The van der Waals surface area contributed by atoms with Gasteiger partial charge in [-0.1, -0.05) is 0 Å². The second-order valence-electron chi connectivity index (χ2n) is 4.08. The zero-order chi connectivity index (χ0) is 12.5. The summed E-state index contributed by atoms with van der Waals surface area (Å²) in [6, 6.07) is 1.96. The first kappa shape index (κ1) is 11.2. The maximum Gasteiger partial charge on any atom is 0.154 e. The molecule has 3 rings (SSSR count). The number of pyridine rings is 1. The monoisotopic (exact) mass is 259 g/mol. The lowest BCUT2D eigenvalue weighted by atomic mass is 10.3. The summed E-state index contributed by atoms with van der Waals surface area (Å²) in [5, 5.41) is 4.39. The Morgan fingerprint density at radius 1 is 1.33 bits per heavy atom. The first-order valence-electron chi connectivity index (χ1n) is 5.65. The molecule has 0 fully saturated rings. The van der Waals surface area contributed by atoms with Crippen LogP contribution in [0.5, 0.6) is 0 Å². The fraction of sp³-hybridized carbons (Fsp3) is 0.250. The molecule has 92 valence electrons. The Labute approximate surface area is 109 Å². The fourth-order valence-electron chi connectivity index (χ4n) is 1.85. The summed E-state index contributed by atoms with van der Waals surface area (Å²) in [6.07, 6.45) is 5.49. The molecule has 3 aromatic heterocycles. The number of nitrogens with one attached hydrogen (secondary N) is 1. The summed E-state index contributed by atoms with van der Waals surface area (Å²) < 4.78 is 1.99. The van der Waals surface area contributed by atoms with E-state index < -0.39 is 0 Å². The van der Waals surface area contributed by atoms with Crippen LogP contribution in [0.25, 0.3) is 11.0 Å². The van der Waals surface area contributed by atoms with Crippen molar-refractivity contribution in [1.82, 2.24) is 19.5 Å². The van der Waals surface area contributed by atoms with E-state index in [0.29, 0.717) is 0 Å². The van der Waals surface area contributed by atoms with E-state index in [9.17, 15) is 0 Å². The predicted octanol–water partition coefficient (Wildman–Crippen LogP) is 2.35. The Balaban J connectivity index is 1.86. The van der Waals surface area contributed by atoms with Crippen LogP contribution in [0, 0.1) is 6.92 Å². The molecule has 6 heteroatoms. The van der Waals surface area contributed by atoms with Gasteiger partial charge in [-0.2, -0.15) is 0 Å². The van der Waals surface area contributed by atoms with Crippen LogP contribution in [0.2, 0.25) is 0 Å². The molecule has 0 unspecified atom stereocenters. The Hall–Kier alpha value is -1.95. The molecule has 3 heterocycles. The van der Waals surface area contributed by atoms with Gasteiger partial charge in [0.15, 0.2) is 5.82 Å². The molecule has 5 nitrogen and oxygen atoms in total. The molecular formula is C12H13N5S. The molecule has 1 N–H and O–H groups in total. The lowest BCUT2D eigenvalue weighted by molar-refractivity contribution is 0.947. The molecule has 18 heavy (non-hydrogen) atoms. The van der Waals surface area contributed by atoms with Gasteiger partial charge in [0.1, 0.15) is 5.52 Å². The van der Waals surface area contributed by atoms with E-state index >= 15 is 0 Å². The highest BCUT2D eigenvalue weighted by Gasteiger charge is 2.07. The molecule has 0 aromatic carbocycles. The summed E-state index contributed by atoms with van der Waals surface area (Å²) in [7, 11) is 1.98. The normalized spacial score (nSPS) is 11.0. The predicted molar refractivity (Wildman–Crippen MR) is 72.7 cm³/mol. The third-order valence-electron chi connectivity index (χ3n) is 2.74. The first-order chi connectivity index (χ1) is 8.74. The van der Waals surface area contributed by atoms with Crippen molar-refractivity contribution in [2.24, 2.45) is 7.05 Å². The number of anilines is 1. The molecule has 0 spiro atoms. The second-order valence-corrected chi connectivity index (χ2v) is 5.40. The molecule has 0 bridgehead atoms. The number of hydrogen-bond donors (Lipinski definition) is 1. The van der Waals surface area contributed by atoms with Gasteiger partial charge in [-0.25, -0.2) is 15.0 Å². The molecule has 0 aliphatic rings. The average molecular weight is 259 g/mol. The number of hydrogen-bond acceptors (Lipinski definition) is 5. The van der Waals surface area contributed by atoms with Crippen LogP contribution in [0.3, 0.4) is 0 Å². The van der Waals surface area contributed by atoms with Gasteiger partial charge in [-0.3, -0.25) is 0 Å². The number of aromatic nitrogens is 4. The van der Waals surface area contributed by atoms with Crippen LogP contribution in [-0.4, -0.2) is 19.5 Å². The third-order valence-corrected chi connectivity index (χ3v) is 3.65. The molecule has 0 aliphatic carbocycles. The van der Waals surface area contributed by atoms with Gasteiger partial charge >= 0.3 is 0 Å². The molecule has 0 atom stereocenters. The Bertz CT molecular complexity index is 685. The molecule has 3 aromatic rings. The van der Waals surface area contributed by atoms with Crippen molar-refractivity contribution in [3.05, 3.63) is 34.7 Å². The van der Waals surface area contributed by atoms with Crippen LogP contribution < -0.4 is 5.32 Å². The standard InChI is InChI=1S/C12H13N5S/c1-8-14-5-9(18-8)6-15-12-11-10(3-4-13-12)17(2)7-16-11/h3-5,7H,6H2,1-2H3,(H,13,15). The minimum absolute atomic E-state index is 0.730. The van der Waals surface area contributed by atoms with E-state index in [-0.39, 0.29) is 0 Å². The molecule has 0 aliphatic heterocycles. The number of thiazole rings is 1.